The summed E-state index contributed by atoms with van der Waals surface area (Å²) in [5, 5.41) is 4.39. The summed E-state index contributed by atoms with van der Waals surface area (Å²) in [6, 6.07) is 13.5. The van der Waals surface area contributed by atoms with Crippen LogP contribution < -0.4 is 9.47 Å². The largest absolute Gasteiger partial charge is 0.493 e. The van der Waals surface area contributed by atoms with Gasteiger partial charge in [-0.25, -0.2) is 4.98 Å². The van der Waals surface area contributed by atoms with Crippen molar-refractivity contribution in [3.63, 3.8) is 0 Å². The second kappa shape index (κ2) is 6.84. The summed E-state index contributed by atoms with van der Waals surface area (Å²) in [5.41, 5.74) is 2.46. The number of benzene rings is 1. The molecule has 3 aromatic heterocycles. The first-order valence-corrected chi connectivity index (χ1v) is 8.28. The molecule has 4 rings (SSSR count). The number of ether oxygens (including phenoxy) is 2. The fourth-order valence-corrected chi connectivity index (χ4v) is 2.73. The zero-order chi connectivity index (χ0) is 18.8. The van der Waals surface area contributed by atoms with Gasteiger partial charge < -0.3 is 14.0 Å². The van der Waals surface area contributed by atoms with Gasteiger partial charge in [-0.1, -0.05) is 30.3 Å². The average molecular weight is 359 g/mol. The number of aromatic nitrogens is 5. The van der Waals surface area contributed by atoms with E-state index in [1.54, 1.807) is 30.9 Å². The topological polar surface area (TPSA) is 66.5 Å². The minimum absolute atomic E-state index is 0.363. The molecule has 3 heterocycles. The van der Waals surface area contributed by atoms with E-state index in [9.17, 15) is 0 Å². The summed E-state index contributed by atoms with van der Waals surface area (Å²) in [6.45, 7) is 0. The van der Waals surface area contributed by atoms with Crippen molar-refractivity contribution in [3.05, 3.63) is 60.3 Å². The molecular formula is C20H17N5O2. The highest BCUT2D eigenvalue weighted by Crippen LogP contribution is 2.23. The van der Waals surface area contributed by atoms with Gasteiger partial charge in [0, 0.05) is 24.9 Å². The number of aryl methyl sites for hydroxylation is 1. The maximum absolute atomic E-state index is 5.33. The first-order valence-electron chi connectivity index (χ1n) is 8.28. The van der Waals surface area contributed by atoms with Gasteiger partial charge in [-0.15, -0.1) is 5.10 Å². The average Bonchev–Trinajstić information content (AvgIpc) is 3.30. The Labute approximate surface area is 156 Å². The molecule has 0 bridgehead atoms. The van der Waals surface area contributed by atoms with E-state index < -0.39 is 0 Å². The minimum Gasteiger partial charge on any atom is -0.493 e. The number of imidazole rings is 1. The number of nitrogens with zero attached hydrogens (tertiary/aromatic N) is 5. The summed E-state index contributed by atoms with van der Waals surface area (Å²) in [4.78, 5) is 9.03. The summed E-state index contributed by atoms with van der Waals surface area (Å²) in [7, 11) is 5.07. The number of pyridine rings is 1. The van der Waals surface area contributed by atoms with Crippen LogP contribution in [0.2, 0.25) is 0 Å². The molecule has 7 nitrogen and oxygen atoms in total. The second-order valence-electron chi connectivity index (χ2n) is 5.79. The van der Waals surface area contributed by atoms with Crippen molar-refractivity contribution in [3.8, 4) is 34.7 Å². The first-order chi connectivity index (χ1) is 13.2. The molecular weight excluding hydrogens is 342 g/mol. The fourth-order valence-electron chi connectivity index (χ4n) is 2.73. The molecule has 134 valence electrons. The summed E-state index contributed by atoms with van der Waals surface area (Å²) in [6.07, 6.45) is 1.95. The van der Waals surface area contributed by atoms with Crippen molar-refractivity contribution >= 4 is 5.65 Å². The fraction of sp³-hybridized carbons (Fsp3) is 0.150. The molecule has 0 unspecified atom stereocenters. The third-order valence-electron chi connectivity index (χ3n) is 4.07. The first kappa shape index (κ1) is 16.7. The third-order valence-corrected chi connectivity index (χ3v) is 4.07. The molecule has 0 saturated carbocycles. The molecule has 0 aliphatic rings. The Hall–Kier alpha value is -3.79. The smallest absolute Gasteiger partial charge is 0.227 e. The van der Waals surface area contributed by atoms with Crippen LogP contribution in [0, 0.1) is 11.8 Å². The number of hydrogen-bond donors (Lipinski definition) is 0. The number of hydrogen-bond acceptors (Lipinski definition) is 5. The van der Waals surface area contributed by atoms with E-state index >= 15 is 0 Å². The Bertz CT molecular complexity index is 1120. The van der Waals surface area contributed by atoms with E-state index in [1.165, 1.54) is 0 Å². The number of rotatable bonds is 3. The Morgan fingerprint density at radius 2 is 1.74 bits per heavy atom. The summed E-state index contributed by atoms with van der Waals surface area (Å²) in [5.74, 6) is 8.15. The molecule has 0 radical (unpaired) electrons. The quantitative estimate of drug-likeness (QED) is 0.526. The molecule has 27 heavy (non-hydrogen) atoms. The normalized spacial score (nSPS) is 10.5. The molecule has 0 atom stereocenters. The molecule has 1 aromatic carbocycles. The van der Waals surface area contributed by atoms with Crippen LogP contribution in [-0.2, 0) is 7.05 Å². The van der Waals surface area contributed by atoms with Gasteiger partial charge in [0.1, 0.15) is 0 Å². The summed E-state index contributed by atoms with van der Waals surface area (Å²) < 4.78 is 14.1. The maximum Gasteiger partial charge on any atom is 0.227 e. The lowest BCUT2D eigenvalue weighted by molar-refractivity contribution is 0.379. The monoisotopic (exact) mass is 359 g/mol. The van der Waals surface area contributed by atoms with E-state index in [0.29, 0.717) is 28.9 Å². The second-order valence-corrected chi connectivity index (χ2v) is 5.79. The molecule has 0 fully saturated rings. The van der Waals surface area contributed by atoms with Crippen molar-refractivity contribution in [2.45, 2.75) is 0 Å². The van der Waals surface area contributed by atoms with Crippen LogP contribution in [0.15, 0.2) is 48.7 Å². The van der Waals surface area contributed by atoms with Crippen LogP contribution in [0.4, 0.5) is 0 Å². The standard InChI is InChI=1S/C20H17N5O2/c1-24-13-15(14-7-5-4-6-8-14)21-18(24)11-10-17-22-20-16(26-2)9-12-19(27-3)25(20)23-17/h4-9,12-13H,1-3H3. The van der Waals surface area contributed by atoms with Gasteiger partial charge in [0.25, 0.3) is 0 Å². The lowest BCUT2D eigenvalue weighted by atomic mass is 10.2. The molecule has 0 aliphatic carbocycles. The van der Waals surface area contributed by atoms with Crippen LogP contribution in [0.3, 0.4) is 0 Å². The maximum atomic E-state index is 5.33. The van der Waals surface area contributed by atoms with Crippen molar-refractivity contribution in [2.75, 3.05) is 14.2 Å². The highest BCUT2D eigenvalue weighted by Gasteiger charge is 2.12. The molecule has 4 aromatic rings. The van der Waals surface area contributed by atoms with Crippen molar-refractivity contribution in [1.29, 1.82) is 0 Å². The Kier molecular flexibility index (Phi) is 4.22. The van der Waals surface area contributed by atoms with E-state index in [0.717, 1.165) is 11.3 Å². The summed E-state index contributed by atoms with van der Waals surface area (Å²) >= 11 is 0. The van der Waals surface area contributed by atoms with E-state index in [2.05, 4.69) is 26.9 Å². The van der Waals surface area contributed by atoms with Crippen LogP contribution in [-0.4, -0.2) is 38.4 Å². The Morgan fingerprint density at radius 3 is 2.48 bits per heavy atom. The molecule has 7 heteroatoms. The third kappa shape index (κ3) is 3.09. The highest BCUT2D eigenvalue weighted by molar-refractivity contribution is 5.59. The van der Waals surface area contributed by atoms with Crippen LogP contribution in [0.25, 0.3) is 16.9 Å². The van der Waals surface area contributed by atoms with Crippen molar-refractivity contribution in [1.82, 2.24) is 24.1 Å². The van der Waals surface area contributed by atoms with Gasteiger partial charge in [0.05, 0.1) is 19.9 Å². The van der Waals surface area contributed by atoms with Crippen molar-refractivity contribution in [2.24, 2.45) is 7.05 Å². The Balaban J connectivity index is 1.72. The molecule has 0 amide bonds. The van der Waals surface area contributed by atoms with E-state index in [-0.39, 0.29) is 0 Å². The van der Waals surface area contributed by atoms with Crippen molar-refractivity contribution < 1.29 is 9.47 Å². The predicted octanol–water partition coefficient (Wildman–Crippen LogP) is 2.55. The van der Waals surface area contributed by atoms with E-state index in [1.807, 2.05) is 48.1 Å². The Morgan fingerprint density at radius 1 is 0.926 bits per heavy atom. The number of fused-ring (bicyclic) bond motifs is 1. The molecule has 0 spiro atoms. The van der Waals surface area contributed by atoms with Crippen LogP contribution in [0.1, 0.15) is 11.6 Å². The van der Waals surface area contributed by atoms with Crippen LogP contribution in [0.5, 0.6) is 11.6 Å². The minimum atomic E-state index is 0.363. The van der Waals surface area contributed by atoms with Gasteiger partial charge in [0.15, 0.2) is 11.6 Å². The lowest BCUT2D eigenvalue weighted by Gasteiger charge is -2.04. The van der Waals surface area contributed by atoms with Gasteiger partial charge in [-0.3, -0.25) is 0 Å². The van der Waals surface area contributed by atoms with Crippen LogP contribution >= 0.6 is 0 Å². The molecule has 0 saturated heterocycles. The van der Waals surface area contributed by atoms with Gasteiger partial charge in [-0.2, -0.15) is 9.50 Å². The van der Waals surface area contributed by atoms with Gasteiger partial charge >= 0.3 is 0 Å². The highest BCUT2D eigenvalue weighted by atomic mass is 16.5. The SMILES string of the molecule is COc1ccc(OC)n2nc(C#Cc3nc(-c4ccccc4)cn3C)nc12. The van der Waals surface area contributed by atoms with E-state index in [4.69, 9.17) is 9.47 Å². The molecule has 0 N–H and O–H groups in total. The lowest BCUT2D eigenvalue weighted by Crippen LogP contribution is -1.97. The predicted molar refractivity (Wildman–Crippen MR) is 101 cm³/mol. The van der Waals surface area contributed by atoms with Gasteiger partial charge in [-0.05, 0) is 17.9 Å². The zero-order valence-electron chi connectivity index (χ0n) is 15.2. The number of methoxy groups -OCH3 is 2. The van der Waals surface area contributed by atoms with Gasteiger partial charge in [0.2, 0.25) is 17.4 Å². The zero-order valence-corrected chi connectivity index (χ0v) is 15.2. The molecule has 0 aliphatic heterocycles.